The molecule has 6 heteroatoms. The van der Waals surface area contributed by atoms with E-state index in [1.165, 1.54) is 0 Å². The number of hydrogen-bond acceptors (Lipinski definition) is 3. The lowest BCUT2D eigenvalue weighted by atomic mass is 10.1. The van der Waals surface area contributed by atoms with Gasteiger partial charge in [-0.25, -0.2) is 4.79 Å². The zero-order valence-electron chi connectivity index (χ0n) is 9.95. The number of thioether (sulfide) groups is 1. The van der Waals surface area contributed by atoms with E-state index in [0.29, 0.717) is 11.4 Å². The quantitative estimate of drug-likeness (QED) is 0.725. The lowest BCUT2D eigenvalue weighted by Gasteiger charge is -2.16. The molecule has 0 aliphatic rings. The fourth-order valence-corrected chi connectivity index (χ4v) is 2.43. The number of carboxylic acid groups (broad SMARTS) is 1. The zero-order valence-corrected chi connectivity index (χ0v) is 13.1. The van der Waals surface area contributed by atoms with Gasteiger partial charge >= 0.3 is 5.97 Å². The maximum atomic E-state index is 11.1. The molecule has 3 nitrogen and oxygen atoms in total. The molecule has 0 saturated carbocycles. The highest BCUT2D eigenvalue weighted by Crippen LogP contribution is 2.26. The highest BCUT2D eigenvalue weighted by molar-refractivity contribution is 9.10. The van der Waals surface area contributed by atoms with Gasteiger partial charge in [0.1, 0.15) is 6.04 Å². The Morgan fingerprint density at radius 1 is 1.61 bits per heavy atom. The molecule has 0 aliphatic heterocycles. The summed E-state index contributed by atoms with van der Waals surface area (Å²) in [4.78, 5) is 11.1. The standard InChI is InChI=1S/C12H15BrClNO2S/c1-18-6-2-3-11(12(16)17)15-8-4-5-10(14)9(13)7-8/h4-5,7,11,15H,2-3,6H2,1H3,(H,16,17). The lowest BCUT2D eigenvalue weighted by Crippen LogP contribution is -2.29. The third kappa shape index (κ3) is 5.08. The van der Waals surface area contributed by atoms with E-state index in [0.717, 1.165) is 22.3 Å². The van der Waals surface area contributed by atoms with E-state index in [-0.39, 0.29) is 0 Å². The van der Waals surface area contributed by atoms with Gasteiger partial charge in [0, 0.05) is 10.2 Å². The molecule has 0 aliphatic carbocycles. The molecule has 0 fully saturated rings. The van der Waals surface area contributed by atoms with Gasteiger partial charge in [0.15, 0.2) is 0 Å². The van der Waals surface area contributed by atoms with Crippen molar-refractivity contribution in [2.45, 2.75) is 18.9 Å². The van der Waals surface area contributed by atoms with Crippen LogP contribution in [0.5, 0.6) is 0 Å². The highest BCUT2D eigenvalue weighted by atomic mass is 79.9. The van der Waals surface area contributed by atoms with Crippen molar-refractivity contribution in [1.82, 2.24) is 0 Å². The van der Waals surface area contributed by atoms with E-state index in [1.54, 1.807) is 30.0 Å². The van der Waals surface area contributed by atoms with Gasteiger partial charge in [-0.3, -0.25) is 0 Å². The number of halogens is 2. The van der Waals surface area contributed by atoms with Gasteiger partial charge < -0.3 is 10.4 Å². The molecule has 0 heterocycles. The number of rotatable bonds is 7. The second-order valence-electron chi connectivity index (χ2n) is 3.80. The molecular weight excluding hydrogens is 338 g/mol. The molecule has 1 unspecified atom stereocenters. The largest absolute Gasteiger partial charge is 0.480 e. The van der Waals surface area contributed by atoms with Gasteiger partial charge in [-0.15, -0.1) is 0 Å². The van der Waals surface area contributed by atoms with Crippen LogP contribution in [0.15, 0.2) is 22.7 Å². The number of nitrogens with one attached hydrogen (secondary N) is 1. The molecule has 18 heavy (non-hydrogen) atoms. The third-order valence-electron chi connectivity index (χ3n) is 2.40. The first kappa shape index (κ1) is 15.7. The van der Waals surface area contributed by atoms with Crippen LogP contribution in [0.25, 0.3) is 0 Å². The van der Waals surface area contributed by atoms with Gasteiger partial charge in [0.2, 0.25) is 0 Å². The van der Waals surface area contributed by atoms with E-state index in [2.05, 4.69) is 21.2 Å². The zero-order chi connectivity index (χ0) is 13.5. The maximum absolute atomic E-state index is 11.1. The summed E-state index contributed by atoms with van der Waals surface area (Å²) in [6.07, 6.45) is 3.50. The van der Waals surface area contributed by atoms with Gasteiger partial charge in [-0.2, -0.15) is 11.8 Å². The van der Waals surface area contributed by atoms with Gasteiger partial charge in [-0.1, -0.05) is 11.6 Å². The summed E-state index contributed by atoms with van der Waals surface area (Å²) in [5, 5.41) is 12.8. The minimum Gasteiger partial charge on any atom is -0.480 e. The van der Waals surface area contributed by atoms with Gasteiger partial charge in [0.25, 0.3) is 0 Å². The molecule has 100 valence electrons. The third-order valence-corrected chi connectivity index (χ3v) is 4.31. The Morgan fingerprint density at radius 3 is 2.89 bits per heavy atom. The summed E-state index contributed by atoms with van der Waals surface area (Å²) in [5.41, 5.74) is 0.753. The average Bonchev–Trinajstić information content (AvgIpc) is 2.32. The average molecular weight is 353 g/mol. The van der Waals surface area contributed by atoms with Crippen LogP contribution in [0, 0.1) is 0 Å². The summed E-state index contributed by atoms with van der Waals surface area (Å²) in [5.74, 6) is 0.137. The summed E-state index contributed by atoms with van der Waals surface area (Å²) >= 11 is 10.9. The van der Waals surface area contributed by atoms with Crippen molar-refractivity contribution >= 4 is 50.9 Å². The number of anilines is 1. The highest BCUT2D eigenvalue weighted by Gasteiger charge is 2.16. The first-order valence-electron chi connectivity index (χ1n) is 5.48. The Hall–Kier alpha value is -0.390. The van der Waals surface area contributed by atoms with E-state index >= 15 is 0 Å². The van der Waals surface area contributed by atoms with Crippen LogP contribution in [0.4, 0.5) is 5.69 Å². The fourth-order valence-electron chi connectivity index (χ4n) is 1.48. The van der Waals surface area contributed by atoms with Crippen LogP contribution in [-0.2, 0) is 4.79 Å². The molecular formula is C12H15BrClNO2S. The van der Waals surface area contributed by atoms with Crippen molar-refractivity contribution in [3.05, 3.63) is 27.7 Å². The molecule has 0 saturated heterocycles. The summed E-state index contributed by atoms with van der Waals surface area (Å²) in [6, 6.07) is 4.73. The van der Waals surface area contributed by atoms with Crippen LogP contribution in [0.1, 0.15) is 12.8 Å². The first-order valence-corrected chi connectivity index (χ1v) is 8.04. The predicted octanol–water partition coefficient (Wildman–Crippen LogP) is 4.11. The molecule has 1 atom stereocenters. The van der Waals surface area contributed by atoms with Gasteiger partial charge in [-0.05, 0) is 59.0 Å². The summed E-state index contributed by atoms with van der Waals surface area (Å²) in [7, 11) is 0. The van der Waals surface area contributed by atoms with Gasteiger partial charge in [0.05, 0.1) is 5.02 Å². The van der Waals surface area contributed by atoms with E-state index in [1.807, 2.05) is 6.26 Å². The number of aliphatic carboxylic acids is 1. The molecule has 1 aromatic carbocycles. The molecule has 0 amide bonds. The van der Waals surface area contributed by atoms with Crippen molar-refractivity contribution in [3.8, 4) is 0 Å². The minimum absolute atomic E-state index is 0.565. The number of carbonyl (C=O) groups is 1. The lowest BCUT2D eigenvalue weighted by molar-refractivity contribution is -0.138. The Balaban J connectivity index is 2.64. The van der Waals surface area contributed by atoms with Crippen LogP contribution in [-0.4, -0.2) is 29.1 Å². The molecule has 1 aromatic rings. The van der Waals surface area contributed by atoms with E-state index in [4.69, 9.17) is 16.7 Å². The maximum Gasteiger partial charge on any atom is 0.326 e. The number of hydrogen-bond donors (Lipinski definition) is 2. The Morgan fingerprint density at radius 2 is 2.33 bits per heavy atom. The van der Waals surface area contributed by atoms with Crippen molar-refractivity contribution in [2.75, 3.05) is 17.3 Å². The Labute approximate surface area is 124 Å². The fraction of sp³-hybridized carbons (Fsp3) is 0.417. The predicted molar refractivity (Wildman–Crippen MR) is 81.8 cm³/mol. The van der Waals surface area contributed by atoms with Crippen LogP contribution < -0.4 is 5.32 Å². The van der Waals surface area contributed by atoms with Crippen molar-refractivity contribution in [2.24, 2.45) is 0 Å². The number of carboxylic acids is 1. The molecule has 2 N–H and O–H groups in total. The normalized spacial score (nSPS) is 12.2. The monoisotopic (exact) mass is 351 g/mol. The molecule has 0 bridgehead atoms. The summed E-state index contributed by atoms with van der Waals surface area (Å²) in [6.45, 7) is 0. The van der Waals surface area contributed by atoms with E-state index in [9.17, 15) is 4.79 Å². The Kier molecular flexibility index (Phi) is 6.89. The number of benzene rings is 1. The van der Waals surface area contributed by atoms with Crippen LogP contribution >= 0.6 is 39.3 Å². The summed E-state index contributed by atoms with van der Waals surface area (Å²) < 4.78 is 0.752. The minimum atomic E-state index is -0.831. The molecule has 1 rings (SSSR count). The first-order chi connectivity index (χ1) is 8.54. The van der Waals surface area contributed by atoms with Crippen LogP contribution in [0.2, 0.25) is 5.02 Å². The van der Waals surface area contributed by atoms with Crippen molar-refractivity contribution < 1.29 is 9.90 Å². The van der Waals surface area contributed by atoms with Crippen LogP contribution in [0.3, 0.4) is 0 Å². The second-order valence-corrected chi connectivity index (χ2v) is 6.05. The molecule has 0 radical (unpaired) electrons. The SMILES string of the molecule is CSCCCC(Nc1ccc(Cl)c(Br)c1)C(=O)O. The molecule has 0 spiro atoms. The smallest absolute Gasteiger partial charge is 0.326 e. The molecule has 0 aromatic heterocycles. The topological polar surface area (TPSA) is 49.3 Å². The second kappa shape index (κ2) is 7.92. The van der Waals surface area contributed by atoms with Crippen molar-refractivity contribution in [3.63, 3.8) is 0 Å². The van der Waals surface area contributed by atoms with E-state index < -0.39 is 12.0 Å². The Bertz CT molecular complexity index is 417. The van der Waals surface area contributed by atoms with Crippen molar-refractivity contribution in [1.29, 1.82) is 0 Å².